The number of aromatic nitrogens is 1. The monoisotopic (exact) mass is 442 g/mol. The van der Waals surface area contributed by atoms with Crippen molar-refractivity contribution in [1.82, 2.24) is 10.3 Å². The van der Waals surface area contributed by atoms with Crippen molar-refractivity contribution in [2.75, 3.05) is 20.3 Å². The summed E-state index contributed by atoms with van der Waals surface area (Å²) in [4.78, 5) is 16.2. The van der Waals surface area contributed by atoms with Gasteiger partial charge in [0.25, 0.3) is 0 Å². The van der Waals surface area contributed by atoms with Crippen LogP contribution in [0.1, 0.15) is 12.0 Å². The van der Waals surface area contributed by atoms with Crippen molar-refractivity contribution >= 4 is 16.8 Å². The van der Waals surface area contributed by atoms with Crippen LogP contribution in [0.3, 0.4) is 0 Å². The van der Waals surface area contributed by atoms with E-state index in [9.17, 15) is 4.79 Å². The first kappa shape index (κ1) is 20.9. The summed E-state index contributed by atoms with van der Waals surface area (Å²) in [6, 6.07) is 23.7. The highest BCUT2D eigenvalue weighted by molar-refractivity contribution is 5.91. The molecule has 33 heavy (non-hydrogen) atoms. The van der Waals surface area contributed by atoms with E-state index >= 15 is 0 Å². The number of methoxy groups -OCH3 is 1. The van der Waals surface area contributed by atoms with E-state index in [0.717, 1.165) is 39.2 Å². The summed E-state index contributed by atoms with van der Waals surface area (Å²) in [5.74, 6) is 2.26. The maximum atomic E-state index is 12.7. The Balaban J connectivity index is 1.26. The fourth-order valence-corrected chi connectivity index (χ4v) is 4.18. The molecule has 0 fully saturated rings. The van der Waals surface area contributed by atoms with Gasteiger partial charge in [-0.05, 0) is 60.0 Å². The highest BCUT2D eigenvalue weighted by atomic mass is 16.6. The van der Waals surface area contributed by atoms with Gasteiger partial charge >= 0.3 is 0 Å². The summed E-state index contributed by atoms with van der Waals surface area (Å²) in [7, 11) is 1.66. The topological polar surface area (TPSA) is 72.6 Å². The standard InChI is InChI=1S/C27H26N2O4/c1-31-19-12-10-18(11-13-19)27-22(21-6-2-3-7-23(21)29-27)14-15-26(30)28-16-20-17-32-24-8-4-5-9-25(24)33-20/h2-13,20,29H,14-17H2,1H3,(H,28,30)/t20-/m0/s1. The summed E-state index contributed by atoms with van der Waals surface area (Å²) in [6.45, 7) is 0.827. The van der Waals surface area contributed by atoms with Gasteiger partial charge in [-0.3, -0.25) is 4.79 Å². The number of hydrogen-bond acceptors (Lipinski definition) is 4. The fourth-order valence-electron chi connectivity index (χ4n) is 4.18. The normalized spacial score (nSPS) is 14.8. The maximum Gasteiger partial charge on any atom is 0.220 e. The van der Waals surface area contributed by atoms with Gasteiger partial charge in [0.05, 0.1) is 13.7 Å². The molecule has 0 radical (unpaired) electrons. The Bertz CT molecular complexity index is 1260. The summed E-state index contributed by atoms with van der Waals surface area (Å²) in [5, 5.41) is 4.13. The molecular formula is C27H26N2O4. The molecule has 0 spiro atoms. The second kappa shape index (κ2) is 9.28. The second-order valence-corrected chi connectivity index (χ2v) is 8.05. The molecule has 6 heteroatoms. The molecule has 2 N–H and O–H groups in total. The fraction of sp³-hybridized carbons (Fsp3) is 0.222. The lowest BCUT2D eigenvalue weighted by Gasteiger charge is -2.26. The Morgan fingerprint density at radius 3 is 2.61 bits per heavy atom. The van der Waals surface area contributed by atoms with Crippen LogP contribution >= 0.6 is 0 Å². The number of aromatic amines is 1. The lowest BCUT2D eigenvalue weighted by molar-refractivity contribution is -0.121. The molecule has 5 rings (SSSR count). The van der Waals surface area contributed by atoms with Crippen molar-refractivity contribution in [3.05, 3.63) is 78.4 Å². The van der Waals surface area contributed by atoms with Crippen molar-refractivity contribution in [2.45, 2.75) is 18.9 Å². The minimum Gasteiger partial charge on any atom is -0.497 e. The number of nitrogens with one attached hydrogen (secondary N) is 2. The van der Waals surface area contributed by atoms with E-state index in [1.807, 2.05) is 60.7 Å². The summed E-state index contributed by atoms with van der Waals surface area (Å²) in [5.41, 5.74) is 4.29. The van der Waals surface area contributed by atoms with E-state index < -0.39 is 0 Å². The van der Waals surface area contributed by atoms with E-state index in [2.05, 4.69) is 22.4 Å². The van der Waals surface area contributed by atoms with Gasteiger partial charge < -0.3 is 24.5 Å². The predicted molar refractivity (Wildman–Crippen MR) is 128 cm³/mol. The molecule has 0 saturated heterocycles. The van der Waals surface area contributed by atoms with Gasteiger partial charge in [-0.2, -0.15) is 0 Å². The molecular weight excluding hydrogens is 416 g/mol. The first-order chi connectivity index (χ1) is 16.2. The Hall–Kier alpha value is -3.93. The molecule has 168 valence electrons. The predicted octanol–water partition coefficient (Wildman–Crippen LogP) is 4.73. The van der Waals surface area contributed by atoms with Crippen LogP contribution < -0.4 is 19.5 Å². The minimum atomic E-state index is -0.202. The van der Waals surface area contributed by atoms with Gasteiger partial charge in [0, 0.05) is 23.0 Å². The largest absolute Gasteiger partial charge is 0.497 e. The molecule has 1 aliphatic rings. The molecule has 0 saturated carbocycles. The van der Waals surface area contributed by atoms with Crippen LogP contribution in [0.2, 0.25) is 0 Å². The molecule has 3 aromatic carbocycles. The third-order valence-electron chi connectivity index (χ3n) is 5.89. The third-order valence-corrected chi connectivity index (χ3v) is 5.89. The number of para-hydroxylation sites is 3. The first-order valence-corrected chi connectivity index (χ1v) is 11.1. The number of carbonyl (C=O) groups excluding carboxylic acids is 1. The van der Waals surface area contributed by atoms with Crippen LogP contribution in [0.4, 0.5) is 0 Å². The minimum absolute atomic E-state index is 0.0107. The number of ether oxygens (including phenoxy) is 3. The number of benzene rings is 3. The average molecular weight is 443 g/mol. The Morgan fingerprint density at radius 2 is 1.79 bits per heavy atom. The highest BCUT2D eigenvalue weighted by Crippen LogP contribution is 2.33. The van der Waals surface area contributed by atoms with Gasteiger partial charge in [0.15, 0.2) is 11.5 Å². The number of H-pyrrole nitrogens is 1. The zero-order valence-electron chi connectivity index (χ0n) is 18.5. The van der Waals surface area contributed by atoms with Crippen molar-refractivity contribution in [3.63, 3.8) is 0 Å². The zero-order valence-corrected chi connectivity index (χ0v) is 18.5. The highest BCUT2D eigenvalue weighted by Gasteiger charge is 2.21. The van der Waals surface area contributed by atoms with Crippen molar-refractivity contribution < 1.29 is 19.0 Å². The Morgan fingerprint density at radius 1 is 1.03 bits per heavy atom. The van der Waals surface area contributed by atoms with Crippen LogP contribution in [0.5, 0.6) is 17.2 Å². The van der Waals surface area contributed by atoms with E-state index in [4.69, 9.17) is 14.2 Å². The molecule has 1 atom stereocenters. The van der Waals surface area contributed by atoms with Crippen LogP contribution in [0.25, 0.3) is 22.2 Å². The average Bonchev–Trinajstić information content (AvgIpc) is 3.24. The molecule has 4 aromatic rings. The number of rotatable bonds is 7. The molecule has 2 heterocycles. The Labute approximate surface area is 192 Å². The zero-order chi connectivity index (χ0) is 22.6. The summed E-state index contributed by atoms with van der Waals surface area (Å²) < 4.78 is 16.9. The SMILES string of the molecule is COc1ccc(-c2[nH]c3ccccc3c2CCC(=O)NC[C@H]2COc3ccccc3O2)cc1. The quantitative estimate of drug-likeness (QED) is 0.434. The van der Waals surface area contributed by atoms with Crippen LogP contribution in [-0.2, 0) is 11.2 Å². The summed E-state index contributed by atoms with van der Waals surface area (Å²) in [6.07, 6.45) is 0.809. The van der Waals surface area contributed by atoms with Gasteiger partial charge in [-0.15, -0.1) is 0 Å². The van der Waals surface area contributed by atoms with Crippen LogP contribution in [-0.4, -0.2) is 37.3 Å². The molecule has 1 aliphatic heterocycles. The number of fused-ring (bicyclic) bond motifs is 2. The van der Waals surface area contributed by atoms with Gasteiger partial charge in [0.1, 0.15) is 18.5 Å². The number of carbonyl (C=O) groups is 1. The first-order valence-electron chi connectivity index (χ1n) is 11.1. The van der Waals surface area contributed by atoms with E-state index in [0.29, 0.717) is 31.7 Å². The molecule has 1 aromatic heterocycles. The van der Waals surface area contributed by atoms with Gasteiger partial charge in [-0.1, -0.05) is 30.3 Å². The molecule has 0 bridgehead atoms. The van der Waals surface area contributed by atoms with Crippen LogP contribution in [0.15, 0.2) is 72.8 Å². The molecule has 1 amide bonds. The van der Waals surface area contributed by atoms with Gasteiger partial charge in [0.2, 0.25) is 5.91 Å². The Kier molecular flexibility index (Phi) is 5.89. The van der Waals surface area contributed by atoms with Gasteiger partial charge in [-0.25, -0.2) is 0 Å². The second-order valence-electron chi connectivity index (χ2n) is 8.05. The van der Waals surface area contributed by atoms with Crippen molar-refractivity contribution in [2.24, 2.45) is 0 Å². The van der Waals surface area contributed by atoms with Crippen molar-refractivity contribution in [3.8, 4) is 28.5 Å². The lowest BCUT2D eigenvalue weighted by atomic mass is 10.0. The van der Waals surface area contributed by atoms with E-state index in [1.54, 1.807) is 7.11 Å². The molecule has 6 nitrogen and oxygen atoms in total. The lowest BCUT2D eigenvalue weighted by Crippen LogP contribution is -2.40. The van der Waals surface area contributed by atoms with Crippen LogP contribution in [0, 0.1) is 0 Å². The molecule has 0 unspecified atom stereocenters. The molecule has 0 aliphatic carbocycles. The van der Waals surface area contributed by atoms with E-state index in [-0.39, 0.29) is 12.0 Å². The third kappa shape index (κ3) is 4.51. The maximum absolute atomic E-state index is 12.7. The van der Waals surface area contributed by atoms with Crippen molar-refractivity contribution in [1.29, 1.82) is 0 Å². The number of aryl methyl sites for hydroxylation is 1. The van der Waals surface area contributed by atoms with E-state index in [1.165, 1.54) is 0 Å². The number of amides is 1. The summed E-state index contributed by atoms with van der Waals surface area (Å²) >= 11 is 0. The smallest absolute Gasteiger partial charge is 0.220 e. The number of hydrogen-bond donors (Lipinski definition) is 2.